The molecule has 2 aromatic rings. The number of likely N-dealkylation sites (tertiary alicyclic amines) is 1. The summed E-state index contributed by atoms with van der Waals surface area (Å²) < 4.78 is 0. The predicted octanol–water partition coefficient (Wildman–Crippen LogP) is 2.27. The molecule has 2 aromatic heterocycles. The fraction of sp³-hybridized carbons (Fsp3) is 0.375. The van der Waals surface area contributed by atoms with Crippen LogP contribution in [-0.4, -0.2) is 51.9 Å². The Morgan fingerprint density at radius 1 is 1.22 bits per heavy atom. The molecule has 1 amide bonds. The van der Waals surface area contributed by atoms with Gasteiger partial charge in [-0.25, -0.2) is 9.97 Å². The molecule has 1 aliphatic heterocycles. The zero-order chi connectivity index (χ0) is 16.2. The molecule has 0 spiro atoms. The summed E-state index contributed by atoms with van der Waals surface area (Å²) in [5, 5.41) is 0.526. The highest BCUT2D eigenvalue weighted by Crippen LogP contribution is 2.20. The van der Waals surface area contributed by atoms with E-state index in [-0.39, 0.29) is 5.91 Å². The molecule has 0 N–H and O–H groups in total. The highest BCUT2D eigenvalue weighted by Gasteiger charge is 2.27. The lowest BCUT2D eigenvalue weighted by atomic mass is 10.0. The number of aromatic nitrogens is 3. The normalized spacial score (nSPS) is 15.5. The van der Waals surface area contributed by atoms with Gasteiger partial charge < -0.3 is 9.80 Å². The van der Waals surface area contributed by atoms with Crippen molar-refractivity contribution >= 4 is 23.5 Å². The van der Waals surface area contributed by atoms with Crippen LogP contribution in [0.15, 0.2) is 36.8 Å². The summed E-state index contributed by atoms with van der Waals surface area (Å²) in [7, 11) is 1.98. The molecular weight excluding hydrogens is 314 g/mol. The summed E-state index contributed by atoms with van der Waals surface area (Å²) in [6.07, 6.45) is 6.59. The number of piperidine rings is 1. The molecule has 1 saturated heterocycles. The highest BCUT2D eigenvalue weighted by molar-refractivity contribution is 6.30. The zero-order valence-corrected chi connectivity index (χ0v) is 13.6. The van der Waals surface area contributed by atoms with Crippen LogP contribution in [-0.2, 0) is 0 Å². The summed E-state index contributed by atoms with van der Waals surface area (Å²) in [4.78, 5) is 28.9. The Kier molecular flexibility index (Phi) is 4.71. The molecule has 0 aliphatic carbocycles. The molecule has 6 nitrogen and oxygen atoms in total. The molecule has 23 heavy (non-hydrogen) atoms. The van der Waals surface area contributed by atoms with Crippen molar-refractivity contribution in [2.24, 2.45) is 0 Å². The van der Waals surface area contributed by atoms with Crippen LogP contribution in [0.4, 0.5) is 5.95 Å². The van der Waals surface area contributed by atoms with Gasteiger partial charge in [-0.15, -0.1) is 0 Å². The maximum absolute atomic E-state index is 12.4. The van der Waals surface area contributed by atoms with E-state index >= 15 is 0 Å². The highest BCUT2D eigenvalue weighted by atomic mass is 35.5. The predicted molar refractivity (Wildman–Crippen MR) is 88.6 cm³/mol. The van der Waals surface area contributed by atoms with E-state index in [0.717, 1.165) is 12.8 Å². The van der Waals surface area contributed by atoms with Crippen molar-refractivity contribution in [3.8, 4) is 0 Å². The van der Waals surface area contributed by atoms with Crippen LogP contribution in [0.2, 0.25) is 5.02 Å². The molecule has 120 valence electrons. The van der Waals surface area contributed by atoms with E-state index in [1.54, 1.807) is 24.7 Å². The molecule has 0 saturated carbocycles. The van der Waals surface area contributed by atoms with Gasteiger partial charge in [0.15, 0.2) is 0 Å². The van der Waals surface area contributed by atoms with Gasteiger partial charge in [0.05, 0.1) is 17.4 Å². The number of rotatable bonds is 3. The molecule has 1 fully saturated rings. The molecule has 0 atom stereocenters. The molecule has 0 unspecified atom stereocenters. The Morgan fingerprint density at radius 3 is 2.52 bits per heavy atom. The van der Waals surface area contributed by atoms with Crippen LogP contribution in [0.5, 0.6) is 0 Å². The Balaban J connectivity index is 1.60. The van der Waals surface area contributed by atoms with E-state index < -0.39 is 0 Å². The second kappa shape index (κ2) is 6.91. The molecule has 0 bridgehead atoms. The van der Waals surface area contributed by atoms with Gasteiger partial charge >= 0.3 is 0 Å². The van der Waals surface area contributed by atoms with E-state index in [4.69, 9.17) is 11.6 Å². The molecule has 0 radical (unpaired) electrons. The van der Waals surface area contributed by atoms with Crippen molar-refractivity contribution in [3.63, 3.8) is 0 Å². The van der Waals surface area contributed by atoms with Crippen molar-refractivity contribution in [2.75, 3.05) is 25.0 Å². The molecule has 3 heterocycles. The Hall–Kier alpha value is -2.21. The Morgan fingerprint density at radius 2 is 1.91 bits per heavy atom. The van der Waals surface area contributed by atoms with Crippen molar-refractivity contribution in [2.45, 2.75) is 18.9 Å². The summed E-state index contributed by atoms with van der Waals surface area (Å²) in [5.74, 6) is 0.651. The SMILES string of the molecule is CN(c1ncc(Cl)cn1)C1CCN(C(=O)c2ccccn2)CC1. The summed E-state index contributed by atoms with van der Waals surface area (Å²) in [6, 6.07) is 5.70. The minimum absolute atomic E-state index is 0.00514. The summed E-state index contributed by atoms with van der Waals surface area (Å²) in [5.41, 5.74) is 0.500. The Bertz CT molecular complexity index is 656. The second-order valence-electron chi connectivity index (χ2n) is 5.55. The average molecular weight is 332 g/mol. The molecule has 7 heteroatoms. The van der Waals surface area contributed by atoms with Crippen LogP contribution < -0.4 is 4.90 Å². The molecule has 0 aromatic carbocycles. The lowest BCUT2D eigenvalue weighted by Gasteiger charge is -2.36. The van der Waals surface area contributed by atoms with E-state index in [9.17, 15) is 4.79 Å². The number of hydrogen-bond acceptors (Lipinski definition) is 5. The number of carbonyl (C=O) groups excluding carboxylic acids is 1. The van der Waals surface area contributed by atoms with Crippen molar-refractivity contribution < 1.29 is 4.79 Å². The number of nitrogens with zero attached hydrogens (tertiary/aromatic N) is 5. The minimum Gasteiger partial charge on any atom is -0.341 e. The monoisotopic (exact) mass is 331 g/mol. The number of anilines is 1. The fourth-order valence-corrected chi connectivity index (χ4v) is 2.86. The zero-order valence-electron chi connectivity index (χ0n) is 12.9. The van der Waals surface area contributed by atoms with E-state index in [1.165, 1.54) is 0 Å². The Labute approximate surface area is 140 Å². The van der Waals surface area contributed by atoms with Crippen LogP contribution in [0.3, 0.4) is 0 Å². The molecular formula is C16H18ClN5O. The standard InChI is InChI=1S/C16H18ClN5O/c1-21(16-19-10-12(17)11-20-16)13-5-8-22(9-6-13)15(23)14-4-2-3-7-18-14/h2-4,7,10-11,13H,5-6,8-9H2,1H3. The van der Waals surface area contributed by atoms with Gasteiger partial charge in [0, 0.05) is 32.4 Å². The van der Waals surface area contributed by atoms with Crippen LogP contribution in [0, 0.1) is 0 Å². The maximum Gasteiger partial charge on any atom is 0.272 e. The van der Waals surface area contributed by atoms with Crippen LogP contribution in [0.1, 0.15) is 23.3 Å². The number of halogens is 1. The van der Waals surface area contributed by atoms with Gasteiger partial charge in [0.25, 0.3) is 5.91 Å². The first-order valence-electron chi connectivity index (χ1n) is 7.56. The van der Waals surface area contributed by atoms with Crippen LogP contribution >= 0.6 is 11.6 Å². The summed E-state index contributed by atoms with van der Waals surface area (Å²) >= 11 is 5.82. The van der Waals surface area contributed by atoms with E-state index in [1.807, 2.05) is 24.1 Å². The molecule has 3 rings (SSSR count). The second-order valence-corrected chi connectivity index (χ2v) is 5.99. The molecule has 1 aliphatic rings. The van der Waals surface area contributed by atoms with E-state index in [0.29, 0.717) is 35.8 Å². The number of pyridine rings is 1. The first kappa shape index (κ1) is 15.7. The maximum atomic E-state index is 12.4. The third-order valence-electron chi connectivity index (χ3n) is 4.11. The minimum atomic E-state index is -0.00514. The first-order chi connectivity index (χ1) is 11.1. The van der Waals surface area contributed by atoms with Gasteiger partial charge in [-0.1, -0.05) is 17.7 Å². The van der Waals surface area contributed by atoms with E-state index in [2.05, 4.69) is 19.9 Å². The van der Waals surface area contributed by atoms with Crippen molar-refractivity contribution in [1.29, 1.82) is 0 Å². The third kappa shape index (κ3) is 3.59. The average Bonchev–Trinajstić information content (AvgIpc) is 2.62. The van der Waals surface area contributed by atoms with Gasteiger partial charge in [-0.2, -0.15) is 0 Å². The van der Waals surface area contributed by atoms with Gasteiger partial charge in [-0.05, 0) is 25.0 Å². The number of hydrogen-bond donors (Lipinski definition) is 0. The third-order valence-corrected chi connectivity index (χ3v) is 4.30. The quantitative estimate of drug-likeness (QED) is 0.863. The lowest BCUT2D eigenvalue weighted by molar-refractivity contribution is 0.0707. The first-order valence-corrected chi connectivity index (χ1v) is 7.93. The van der Waals surface area contributed by atoms with Gasteiger partial charge in [0.1, 0.15) is 5.69 Å². The lowest BCUT2D eigenvalue weighted by Crippen LogP contribution is -2.46. The van der Waals surface area contributed by atoms with Gasteiger partial charge in [-0.3, -0.25) is 9.78 Å². The van der Waals surface area contributed by atoms with Crippen molar-refractivity contribution in [3.05, 3.63) is 47.5 Å². The fourth-order valence-electron chi connectivity index (χ4n) is 2.76. The topological polar surface area (TPSA) is 62.2 Å². The summed E-state index contributed by atoms with van der Waals surface area (Å²) in [6.45, 7) is 1.41. The number of carbonyl (C=O) groups is 1. The van der Waals surface area contributed by atoms with Crippen molar-refractivity contribution in [1.82, 2.24) is 19.9 Å². The van der Waals surface area contributed by atoms with Gasteiger partial charge in [0.2, 0.25) is 5.95 Å². The largest absolute Gasteiger partial charge is 0.341 e. The van der Waals surface area contributed by atoms with Crippen LogP contribution in [0.25, 0.3) is 0 Å². The number of amides is 1. The smallest absolute Gasteiger partial charge is 0.272 e.